The van der Waals surface area contributed by atoms with Gasteiger partial charge in [-0.05, 0) is 51.3 Å². The van der Waals surface area contributed by atoms with E-state index in [4.69, 9.17) is 16.3 Å². The highest BCUT2D eigenvalue weighted by atomic mass is 35.5. The molecule has 4 nitrogen and oxygen atoms in total. The Morgan fingerprint density at radius 1 is 1.27 bits per heavy atom. The molecule has 1 fully saturated rings. The second-order valence-corrected chi connectivity index (χ2v) is 7.10. The van der Waals surface area contributed by atoms with Crippen molar-refractivity contribution >= 4 is 17.7 Å². The van der Waals surface area contributed by atoms with Gasteiger partial charge in [0, 0.05) is 30.7 Å². The van der Waals surface area contributed by atoms with Crippen molar-refractivity contribution < 1.29 is 9.53 Å². The number of amides is 1. The van der Waals surface area contributed by atoms with E-state index in [1.807, 2.05) is 32.9 Å². The molecule has 0 aromatic heterocycles. The van der Waals surface area contributed by atoms with E-state index in [0.717, 1.165) is 31.0 Å². The molecule has 1 saturated heterocycles. The zero-order chi connectivity index (χ0) is 16.2. The van der Waals surface area contributed by atoms with Gasteiger partial charge < -0.3 is 15.0 Å². The van der Waals surface area contributed by atoms with Crippen LogP contribution in [-0.2, 0) is 4.74 Å². The topological polar surface area (TPSA) is 41.6 Å². The lowest BCUT2D eigenvalue weighted by Crippen LogP contribution is -2.43. The number of nitrogens with one attached hydrogen (secondary N) is 1. The number of carbonyl (C=O) groups excluding carboxylic acids is 1. The molecule has 0 spiro atoms. The Labute approximate surface area is 137 Å². The number of ether oxygens (including phenoxy) is 1. The van der Waals surface area contributed by atoms with Crippen LogP contribution in [0.15, 0.2) is 24.3 Å². The van der Waals surface area contributed by atoms with Crippen LogP contribution in [-0.4, -0.2) is 36.2 Å². The molecule has 22 heavy (non-hydrogen) atoms. The quantitative estimate of drug-likeness (QED) is 0.849. The lowest BCUT2D eigenvalue weighted by Gasteiger charge is -2.31. The Hall–Kier alpha value is -1.26. The minimum Gasteiger partial charge on any atom is -0.444 e. The molecule has 0 bridgehead atoms. The minimum atomic E-state index is -0.446. The summed E-state index contributed by atoms with van der Waals surface area (Å²) in [6, 6.07) is 8.29. The first kappa shape index (κ1) is 17.1. The zero-order valence-electron chi connectivity index (χ0n) is 13.6. The van der Waals surface area contributed by atoms with E-state index in [0.29, 0.717) is 12.6 Å². The largest absolute Gasteiger partial charge is 0.444 e. The Balaban J connectivity index is 1.90. The van der Waals surface area contributed by atoms with E-state index in [1.54, 1.807) is 4.90 Å². The summed E-state index contributed by atoms with van der Waals surface area (Å²) in [5.74, 6) is 0. The third-order valence-electron chi connectivity index (χ3n) is 3.62. The summed E-state index contributed by atoms with van der Waals surface area (Å²) in [6.07, 6.45) is 1.71. The molecule has 0 saturated carbocycles. The van der Waals surface area contributed by atoms with Crippen LogP contribution in [0.4, 0.5) is 4.79 Å². The normalized spacial score (nSPS) is 20.2. The molecule has 122 valence electrons. The summed E-state index contributed by atoms with van der Waals surface area (Å²) in [6.45, 7) is 7.84. The van der Waals surface area contributed by atoms with Gasteiger partial charge in [-0.3, -0.25) is 0 Å². The molecule has 0 aliphatic carbocycles. The molecule has 1 heterocycles. The molecule has 0 unspecified atom stereocenters. The summed E-state index contributed by atoms with van der Waals surface area (Å²) in [4.78, 5) is 13.9. The predicted octanol–water partition coefficient (Wildman–Crippen LogP) is 4.00. The number of halogens is 1. The molecule has 1 N–H and O–H groups in total. The summed E-state index contributed by atoms with van der Waals surface area (Å²) >= 11 is 5.94. The Bertz CT molecular complexity index is 486. The maximum absolute atomic E-state index is 12.1. The predicted molar refractivity (Wildman–Crippen MR) is 89.2 cm³/mol. The molecule has 1 aromatic carbocycles. The highest BCUT2D eigenvalue weighted by Gasteiger charge is 2.24. The first-order chi connectivity index (χ1) is 10.3. The Morgan fingerprint density at radius 2 is 1.95 bits per heavy atom. The second-order valence-electron chi connectivity index (χ2n) is 6.67. The Kier molecular flexibility index (Phi) is 5.70. The summed E-state index contributed by atoms with van der Waals surface area (Å²) in [5.41, 5.74) is 0.800. The first-order valence-electron chi connectivity index (χ1n) is 7.82. The van der Waals surface area contributed by atoms with Gasteiger partial charge in [0.1, 0.15) is 5.60 Å². The van der Waals surface area contributed by atoms with Gasteiger partial charge in [-0.1, -0.05) is 23.7 Å². The van der Waals surface area contributed by atoms with Crippen molar-refractivity contribution in [3.05, 3.63) is 34.9 Å². The van der Waals surface area contributed by atoms with E-state index in [2.05, 4.69) is 17.4 Å². The van der Waals surface area contributed by atoms with Gasteiger partial charge in [-0.15, -0.1) is 0 Å². The fourth-order valence-electron chi connectivity index (χ4n) is 2.56. The average Bonchev–Trinajstić information content (AvgIpc) is 2.38. The minimum absolute atomic E-state index is 0.223. The molecule has 5 heteroatoms. The summed E-state index contributed by atoms with van der Waals surface area (Å²) in [7, 11) is 0. The Morgan fingerprint density at radius 3 is 2.59 bits per heavy atom. The number of benzene rings is 1. The molecule has 1 aliphatic heterocycles. The van der Waals surface area contributed by atoms with E-state index in [9.17, 15) is 4.79 Å². The van der Waals surface area contributed by atoms with Crippen LogP contribution in [0.1, 0.15) is 45.2 Å². The molecule has 1 aromatic rings. The molecule has 1 aliphatic rings. The number of hydrogen-bond acceptors (Lipinski definition) is 3. The van der Waals surface area contributed by atoms with Gasteiger partial charge in [-0.25, -0.2) is 4.79 Å². The van der Waals surface area contributed by atoms with E-state index >= 15 is 0 Å². The van der Waals surface area contributed by atoms with Crippen molar-refractivity contribution in [2.75, 3.05) is 19.6 Å². The van der Waals surface area contributed by atoms with Crippen molar-refractivity contribution in [3.8, 4) is 0 Å². The maximum atomic E-state index is 12.1. The summed E-state index contributed by atoms with van der Waals surface area (Å²) < 4.78 is 5.44. The van der Waals surface area contributed by atoms with Crippen LogP contribution < -0.4 is 5.32 Å². The van der Waals surface area contributed by atoms with E-state index < -0.39 is 5.60 Å². The number of carbonyl (C=O) groups is 1. The van der Waals surface area contributed by atoms with Crippen LogP contribution in [0.25, 0.3) is 0 Å². The van der Waals surface area contributed by atoms with Crippen LogP contribution >= 0.6 is 11.6 Å². The lowest BCUT2D eigenvalue weighted by molar-refractivity contribution is 0.0237. The van der Waals surface area contributed by atoms with Crippen molar-refractivity contribution in [1.29, 1.82) is 0 Å². The van der Waals surface area contributed by atoms with E-state index in [-0.39, 0.29) is 6.09 Å². The van der Waals surface area contributed by atoms with E-state index in [1.165, 1.54) is 5.56 Å². The third kappa shape index (κ3) is 5.18. The number of hydrogen-bond donors (Lipinski definition) is 1. The van der Waals surface area contributed by atoms with Crippen molar-refractivity contribution in [3.63, 3.8) is 0 Å². The first-order valence-corrected chi connectivity index (χ1v) is 8.20. The fourth-order valence-corrected chi connectivity index (χ4v) is 2.69. The van der Waals surface area contributed by atoms with Crippen LogP contribution in [0.2, 0.25) is 5.02 Å². The molecular formula is C17H25ClN2O2. The molecule has 2 rings (SSSR count). The van der Waals surface area contributed by atoms with Gasteiger partial charge in [0.05, 0.1) is 0 Å². The standard InChI is InChI=1S/C17H25ClN2O2/c1-17(2,3)22-16(21)20-11-4-5-15(19-10-12-20)13-6-8-14(18)9-7-13/h6-9,15,19H,4-5,10-12H2,1-3H3/t15-/m1/s1. The maximum Gasteiger partial charge on any atom is 0.410 e. The van der Waals surface area contributed by atoms with Gasteiger partial charge >= 0.3 is 6.09 Å². The van der Waals surface area contributed by atoms with Gasteiger partial charge in [-0.2, -0.15) is 0 Å². The average molecular weight is 325 g/mol. The van der Waals surface area contributed by atoms with Crippen molar-refractivity contribution in [2.24, 2.45) is 0 Å². The van der Waals surface area contributed by atoms with Crippen LogP contribution in [0.3, 0.4) is 0 Å². The third-order valence-corrected chi connectivity index (χ3v) is 3.87. The smallest absolute Gasteiger partial charge is 0.410 e. The zero-order valence-corrected chi connectivity index (χ0v) is 14.3. The lowest BCUT2D eigenvalue weighted by atomic mass is 10.0. The monoisotopic (exact) mass is 324 g/mol. The number of rotatable bonds is 1. The highest BCUT2D eigenvalue weighted by Crippen LogP contribution is 2.22. The van der Waals surface area contributed by atoms with Crippen molar-refractivity contribution in [2.45, 2.75) is 45.3 Å². The molecule has 1 atom stereocenters. The molecule has 0 radical (unpaired) electrons. The second kappa shape index (κ2) is 7.34. The van der Waals surface area contributed by atoms with Crippen molar-refractivity contribution in [1.82, 2.24) is 10.2 Å². The van der Waals surface area contributed by atoms with Gasteiger partial charge in [0.25, 0.3) is 0 Å². The van der Waals surface area contributed by atoms with Crippen LogP contribution in [0, 0.1) is 0 Å². The number of nitrogens with zero attached hydrogens (tertiary/aromatic N) is 1. The SMILES string of the molecule is CC(C)(C)OC(=O)N1CCC[C@H](c2ccc(Cl)cc2)NCC1. The van der Waals surface area contributed by atoms with Gasteiger partial charge in [0.2, 0.25) is 0 Å². The molecule has 1 amide bonds. The van der Waals surface area contributed by atoms with Gasteiger partial charge in [0.15, 0.2) is 0 Å². The fraction of sp³-hybridized carbons (Fsp3) is 0.588. The molecular weight excluding hydrogens is 300 g/mol. The highest BCUT2D eigenvalue weighted by molar-refractivity contribution is 6.30. The summed E-state index contributed by atoms with van der Waals surface area (Å²) in [5, 5.41) is 4.27. The van der Waals surface area contributed by atoms with Crippen LogP contribution in [0.5, 0.6) is 0 Å².